The monoisotopic (exact) mass is 412 g/mol. The molecule has 4 rings (SSSR count). The summed E-state index contributed by atoms with van der Waals surface area (Å²) in [5.41, 5.74) is 3.63. The first kappa shape index (κ1) is 22.0. The average molecular weight is 413 g/mol. The van der Waals surface area contributed by atoms with Crippen LogP contribution < -0.4 is 0 Å². The molecule has 4 fully saturated rings. The quantitative estimate of drug-likeness (QED) is 0.551. The first-order valence-corrected chi connectivity index (χ1v) is 12.1. The van der Waals surface area contributed by atoms with Gasteiger partial charge in [0.1, 0.15) is 0 Å². The molecule has 30 heavy (non-hydrogen) atoms. The first-order valence-electron chi connectivity index (χ1n) is 12.1. The lowest BCUT2D eigenvalue weighted by Gasteiger charge is -2.44. The van der Waals surface area contributed by atoms with Crippen molar-refractivity contribution in [2.24, 2.45) is 29.1 Å². The van der Waals surface area contributed by atoms with Crippen LogP contribution in [0.25, 0.3) is 0 Å². The molecule has 0 heterocycles. The van der Waals surface area contributed by atoms with Gasteiger partial charge in [-0.25, -0.2) is 0 Å². The van der Waals surface area contributed by atoms with Crippen molar-refractivity contribution < 1.29 is 15.3 Å². The maximum absolute atomic E-state index is 10.2. The van der Waals surface area contributed by atoms with E-state index in [1.165, 1.54) is 44.1 Å². The topological polar surface area (TPSA) is 60.7 Å². The van der Waals surface area contributed by atoms with Crippen LogP contribution >= 0.6 is 0 Å². The molecule has 4 aliphatic rings. The van der Waals surface area contributed by atoms with E-state index in [0.29, 0.717) is 41.9 Å². The molecule has 7 atom stereocenters. The number of hydrogen-bond donors (Lipinski definition) is 3. The summed E-state index contributed by atoms with van der Waals surface area (Å²) in [4.78, 5) is 0. The molecule has 0 aromatic carbocycles. The zero-order chi connectivity index (χ0) is 21.5. The van der Waals surface area contributed by atoms with Gasteiger partial charge in [-0.05, 0) is 91.6 Å². The molecule has 1 unspecified atom stereocenters. The van der Waals surface area contributed by atoms with Crippen LogP contribution in [0.5, 0.6) is 0 Å². The Morgan fingerprint density at radius 3 is 2.60 bits per heavy atom. The second-order valence-electron chi connectivity index (χ2n) is 10.7. The molecule has 0 spiro atoms. The summed E-state index contributed by atoms with van der Waals surface area (Å²) in [5.74, 6) is 2.28. The van der Waals surface area contributed by atoms with Gasteiger partial charge in [-0.2, -0.15) is 0 Å². The van der Waals surface area contributed by atoms with E-state index in [1.807, 2.05) is 0 Å². The number of allylic oxidation sites excluding steroid dienone is 4. The molecule has 0 aliphatic heterocycles. The summed E-state index contributed by atoms with van der Waals surface area (Å²) < 4.78 is 0. The molecule has 0 bridgehead atoms. The van der Waals surface area contributed by atoms with E-state index in [9.17, 15) is 15.3 Å². The van der Waals surface area contributed by atoms with E-state index < -0.39 is 12.2 Å². The second-order valence-corrected chi connectivity index (χ2v) is 10.7. The number of aliphatic hydroxyl groups is 3. The molecule has 0 radical (unpaired) electrons. The Morgan fingerprint density at radius 2 is 1.87 bits per heavy atom. The van der Waals surface area contributed by atoms with Gasteiger partial charge < -0.3 is 15.3 Å². The summed E-state index contributed by atoms with van der Waals surface area (Å²) in [6.45, 7) is 8.88. The summed E-state index contributed by atoms with van der Waals surface area (Å²) >= 11 is 0. The molecule has 3 heteroatoms. The van der Waals surface area contributed by atoms with Crippen molar-refractivity contribution in [3.63, 3.8) is 0 Å². The van der Waals surface area contributed by atoms with Crippen LogP contribution in [0.15, 0.2) is 47.6 Å². The molecule has 3 N–H and O–H groups in total. The highest BCUT2D eigenvalue weighted by Crippen LogP contribution is 2.59. The Hall–Kier alpha value is -1.16. The third-order valence-corrected chi connectivity index (χ3v) is 8.65. The predicted octanol–water partition coefficient (Wildman–Crippen LogP) is 5.09. The molecule has 3 nitrogen and oxygen atoms in total. The molecule has 0 aromatic heterocycles. The van der Waals surface area contributed by atoms with Crippen LogP contribution in [0, 0.1) is 29.1 Å². The normalized spacial score (nSPS) is 42.1. The van der Waals surface area contributed by atoms with Crippen molar-refractivity contribution in [1.29, 1.82) is 0 Å². The van der Waals surface area contributed by atoms with Crippen LogP contribution in [0.3, 0.4) is 0 Å². The van der Waals surface area contributed by atoms with E-state index in [0.717, 1.165) is 17.6 Å². The largest absolute Gasteiger partial charge is 0.393 e. The van der Waals surface area contributed by atoms with Crippen molar-refractivity contribution in [3.05, 3.63) is 47.6 Å². The highest BCUT2D eigenvalue weighted by atomic mass is 16.3. The van der Waals surface area contributed by atoms with Crippen LogP contribution in [0.4, 0.5) is 0 Å². The van der Waals surface area contributed by atoms with Crippen molar-refractivity contribution in [3.8, 4) is 0 Å². The zero-order valence-electron chi connectivity index (χ0n) is 18.8. The van der Waals surface area contributed by atoms with Gasteiger partial charge in [0.05, 0.1) is 18.3 Å². The molecule has 166 valence electrons. The van der Waals surface area contributed by atoms with Gasteiger partial charge in [-0.15, -0.1) is 0 Å². The Bertz CT molecular complexity index is 743. The lowest BCUT2D eigenvalue weighted by atomic mass is 9.61. The fourth-order valence-corrected chi connectivity index (χ4v) is 6.63. The Morgan fingerprint density at radius 1 is 1.10 bits per heavy atom. The maximum atomic E-state index is 10.2. The highest BCUT2D eigenvalue weighted by molar-refractivity contribution is 5.38. The Labute approximate surface area is 182 Å². The molecule has 0 amide bonds. The summed E-state index contributed by atoms with van der Waals surface area (Å²) in [6.07, 6.45) is 16.9. The smallest absolute Gasteiger partial charge is 0.0811 e. The minimum atomic E-state index is -0.621. The lowest BCUT2D eigenvalue weighted by Crippen LogP contribution is -2.35. The molecule has 4 aliphatic carbocycles. The zero-order valence-corrected chi connectivity index (χ0v) is 18.8. The Kier molecular flexibility index (Phi) is 6.44. The standard InChI is InChI=1S/C27H40O3/c1-17(6-13-25(29)20-8-9-20)23-11-12-24-19(5-4-14-27(23,24)3)7-10-21-15-22(28)16-26(30)18(21)2/h6-7,10,13,17,20,22-26,28-30H,2,4-5,8-9,11-12,14-16H2,1,3H3/b13-6+,19-7+,21-10?/t17-,22?,23-,24+,25-,26+,27-/m1/s1. The van der Waals surface area contributed by atoms with Gasteiger partial charge in [0, 0.05) is 6.42 Å². The van der Waals surface area contributed by atoms with E-state index in [2.05, 4.69) is 44.7 Å². The van der Waals surface area contributed by atoms with Crippen LogP contribution in [-0.4, -0.2) is 33.6 Å². The summed E-state index contributed by atoms with van der Waals surface area (Å²) in [5, 5.41) is 30.4. The molecular formula is C27H40O3. The third kappa shape index (κ3) is 4.40. The van der Waals surface area contributed by atoms with Gasteiger partial charge in [0.15, 0.2) is 0 Å². The lowest BCUT2D eigenvalue weighted by molar-refractivity contribution is 0.0862. The van der Waals surface area contributed by atoms with Crippen molar-refractivity contribution in [2.75, 3.05) is 0 Å². The van der Waals surface area contributed by atoms with E-state index in [4.69, 9.17) is 0 Å². The average Bonchev–Trinajstić information content (AvgIpc) is 3.49. The number of rotatable bonds is 5. The highest BCUT2D eigenvalue weighted by Gasteiger charge is 2.50. The molecule has 0 saturated heterocycles. The SMILES string of the molecule is C=C1C(=C/C=C2\CCC[C@]3(C)[C@@H]([C@H](C)/C=C/[C@@H](O)C4CC4)CC[C@@H]23)CC(O)C[C@@H]1O. The third-order valence-electron chi connectivity index (χ3n) is 8.65. The van der Waals surface area contributed by atoms with Crippen molar-refractivity contribution in [2.45, 2.75) is 89.9 Å². The van der Waals surface area contributed by atoms with Crippen molar-refractivity contribution >= 4 is 0 Å². The molecule has 4 saturated carbocycles. The van der Waals surface area contributed by atoms with E-state index in [-0.39, 0.29) is 6.10 Å². The molecular weight excluding hydrogens is 372 g/mol. The van der Waals surface area contributed by atoms with Crippen LogP contribution in [0.1, 0.15) is 71.6 Å². The van der Waals surface area contributed by atoms with Gasteiger partial charge in [-0.1, -0.05) is 50.3 Å². The van der Waals surface area contributed by atoms with Gasteiger partial charge in [-0.3, -0.25) is 0 Å². The van der Waals surface area contributed by atoms with E-state index >= 15 is 0 Å². The van der Waals surface area contributed by atoms with E-state index in [1.54, 1.807) is 0 Å². The van der Waals surface area contributed by atoms with Crippen LogP contribution in [0.2, 0.25) is 0 Å². The number of hydrogen-bond acceptors (Lipinski definition) is 3. The summed E-state index contributed by atoms with van der Waals surface area (Å²) in [7, 11) is 0. The van der Waals surface area contributed by atoms with Gasteiger partial charge in [0.2, 0.25) is 0 Å². The number of fused-ring (bicyclic) bond motifs is 1. The summed E-state index contributed by atoms with van der Waals surface area (Å²) in [6, 6.07) is 0. The van der Waals surface area contributed by atoms with Crippen LogP contribution in [-0.2, 0) is 0 Å². The fourth-order valence-electron chi connectivity index (χ4n) is 6.63. The predicted molar refractivity (Wildman–Crippen MR) is 122 cm³/mol. The Balaban J connectivity index is 1.48. The maximum Gasteiger partial charge on any atom is 0.0811 e. The minimum Gasteiger partial charge on any atom is -0.393 e. The fraction of sp³-hybridized carbons (Fsp3) is 0.704. The first-order chi connectivity index (χ1) is 14.3. The molecule has 0 aromatic rings. The van der Waals surface area contributed by atoms with Crippen molar-refractivity contribution in [1.82, 2.24) is 0 Å². The van der Waals surface area contributed by atoms with Gasteiger partial charge >= 0.3 is 0 Å². The minimum absolute atomic E-state index is 0.250. The second kappa shape index (κ2) is 8.76. The number of aliphatic hydroxyl groups excluding tert-OH is 3. The van der Waals surface area contributed by atoms with Gasteiger partial charge in [0.25, 0.3) is 0 Å².